The highest BCUT2D eigenvalue weighted by Crippen LogP contribution is 2.32. The summed E-state index contributed by atoms with van der Waals surface area (Å²) in [5, 5.41) is 9.87. The molecule has 1 aliphatic heterocycles. The number of carbonyl (C=O) groups excluding carboxylic acids is 2. The molecule has 1 aromatic carbocycles. The molecule has 0 radical (unpaired) electrons. The van der Waals surface area contributed by atoms with Crippen LogP contribution in [0.4, 0.5) is 0 Å². The minimum Gasteiger partial charge on any atom is -0.472 e. The number of pyridine rings is 1. The van der Waals surface area contributed by atoms with Gasteiger partial charge in [-0.15, -0.1) is 0 Å². The minimum atomic E-state index is -0.375. The molecule has 0 saturated heterocycles. The third-order valence-corrected chi connectivity index (χ3v) is 7.00. The van der Waals surface area contributed by atoms with Gasteiger partial charge in [0.05, 0.1) is 19.2 Å². The van der Waals surface area contributed by atoms with Crippen LogP contribution < -0.4 is 4.74 Å². The van der Waals surface area contributed by atoms with Crippen LogP contribution >= 0.6 is 0 Å². The average Bonchev–Trinajstić information content (AvgIpc) is 2.90. The number of rotatable bonds is 6. The van der Waals surface area contributed by atoms with Crippen molar-refractivity contribution >= 4 is 17.4 Å². The van der Waals surface area contributed by atoms with Gasteiger partial charge in [-0.1, -0.05) is 31.2 Å². The SMILES string of the molecule is C[C@H](CO)N1C[C@H](C)[C@H](CN(C)C(=O)c2ccccc2)Oc2ncc(C3=CCCCC3)cc2C1=O. The molecule has 1 aromatic heterocycles. The summed E-state index contributed by atoms with van der Waals surface area (Å²) in [4.78, 5) is 34.5. The second-order valence-corrected chi connectivity index (χ2v) is 9.73. The van der Waals surface area contributed by atoms with Crippen molar-refractivity contribution in [3.63, 3.8) is 0 Å². The summed E-state index contributed by atoms with van der Waals surface area (Å²) in [6.45, 7) is 4.46. The van der Waals surface area contributed by atoms with Gasteiger partial charge in [0.1, 0.15) is 11.7 Å². The molecule has 1 aliphatic carbocycles. The summed E-state index contributed by atoms with van der Waals surface area (Å²) >= 11 is 0. The van der Waals surface area contributed by atoms with E-state index in [0.29, 0.717) is 24.2 Å². The molecule has 186 valence electrons. The number of aliphatic hydroxyl groups is 1. The van der Waals surface area contributed by atoms with Crippen molar-refractivity contribution in [1.82, 2.24) is 14.8 Å². The molecule has 0 saturated carbocycles. The van der Waals surface area contributed by atoms with Gasteiger partial charge in [0.25, 0.3) is 11.8 Å². The number of nitrogens with zero attached hydrogens (tertiary/aromatic N) is 3. The number of fused-ring (bicyclic) bond motifs is 1. The van der Waals surface area contributed by atoms with Gasteiger partial charge in [0.2, 0.25) is 5.88 Å². The van der Waals surface area contributed by atoms with Gasteiger partial charge < -0.3 is 19.6 Å². The zero-order valence-corrected chi connectivity index (χ0v) is 20.8. The lowest BCUT2D eigenvalue weighted by atomic mass is 9.93. The second kappa shape index (κ2) is 11.0. The molecule has 0 unspecified atom stereocenters. The van der Waals surface area contributed by atoms with Gasteiger partial charge in [0, 0.05) is 31.3 Å². The molecule has 2 amide bonds. The monoisotopic (exact) mass is 477 g/mol. The van der Waals surface area contributed by atoms with Crippen molar-refractivity contribution in [2.75, 3.05) is 26.7 Å². The number of allylic oxidation sites excluding steroid dienone is 2. The molecule has 2 aliphatic rings. The molecular formula is C28H35N3O4. The summed E-state index contributed by atoms with van der Waals surface area (Å²) in [7, 11) is 1.76. The highest BCUT2D eigenvalue weighted by Gasteiger charge is 2.35. The number of likely N-dealkylation sites (N-methyl/N-ethyl adjacent to an activating group) is 1. The molecule has 0 fully saturated rings. The summed E-state index contributed by atoms with van der Waals surface area (Å²) < 4.78 is 6.35. The van der Waals surface area contributed by atoms with Crippen LogP contribution in [0.15, 0.2) is 48.7 Å². The molecule has 2 heterocycles. The molecular weight excluding hydrogens is 442 g/mol. The van der Waals surface area contributed by atoms with Crippen molar-refractivity contribution in [3.8, 4) is 5.88 Å². The number of aliphatic hydroxyl groups excluding tert-OH is 1. The first-order valence-electron chi connectivity index (χ1n) is 12.5. The predicted molar refractivity (Wildman–Crippen MR) is 135 cm³/mol. The van der Waals surface area contributed by atoms with Crippen LogP contribution in [0.25, 0.3) is 5.57 Å². The first kappa shape index (κ1) is 24.9. The van der Waals surface area contributed by atoms with E-state index < -0.39 is 0 Å². The van der Waals surface area contributed by atoms with Crippen molar-refractivity contribution < 1.29 is 19.4 Å². The van der Waals surface area contributed by atoms with Crippen LogP contribution in [0.3, 0.4) is 0 Å². The van der Waals surface area contributed by atoms with Gasteiger partial charge in [0.15, 0.2) is 0 Å². The Balaban J connectivity index is 1.66. The van der Waals surface area contributed by atoms with Crippen molar-refractivity contribution in [1.29, 1.82) is 0 Å². The maximum absolute atomic E-state index is 13.6. The molecule has 0 spiro atoms. The summed E-state index contributed by atoms with van der Waals surface area (Å²) in [6, 6.07) is 10.7. The van der Waals surface area contributed by atoms with E-state index in [1.807, 2.05) is 38.1 Å². The lowest BCUT2D eigenvalue weighted by Crippen LogP contribution is -2.50. The van der Waals surface area contributed by atoms with E-state index in [2.05, 4.69) is 11.1 Å². The number of amides is 2. The Bertz CT molecular complexity index is 1080. The Hall–Kier alpha value is -3.19. The number of ether oxygens (including phenoxy) is 1. The standard InChI is InChI=1S/C28H35N3O4/c1-19-16-31(20(2)18-32)28(34)24-14-23(21-10-6-4-7-11-21)15-29-26(24)35-25(19)17-30(3)27(33)22-12-8-5-9-13-22/h5,8-10,12-15,19-20,25,32H,4,6-7,11,16-18H2,1-3H3/t19-,20+,25-/m0/s1. The molecule has 0 bridgehead atoms. The molecule has 4 rings (SSSR count). The predicted octanol–water partition coefficient (Wildman–Crippen LogP) is 4.03. The fourth-order valence-corrected chi connectivity index (χ4v) is 4.75. The van der Waals surface area contributed by atoms with E-state index in [9.17, 15) is 14.7 Å². The van der Waals surface area contributed by atoms with Gasteiger partial charge in [-0.25, -0.2) is 4.98 Å². The lowest BCUT2D eigenvalue weighted by molar-refractivity contribution is 0.0313. The van der Waals surface area contributed by atoms with Crippen LogP contribution in [0.5, 0.6) is 5.88 Å². The van der Waals surface area contributed by atoms with Gasteiger partial charge in [-0.3, -0.25) is 9.59 Å². The van der Waals surface area contributed by atoms with Crippen LogP contribution in [0, 0.1) is 5.92 Å². The maximum atomic E-state index is 13.6. The van der Waals surface area contributed by atoms with Crippen LogP contribution in [0.1, 0.15) is 65.8 Å². The summed E-state index contributed by atoms with van der Waals surface area (Å²) in [5.41, 5.74) is 3.17. The Kier molecular flexibility index (Phi) is 7.86. The number of hydrogen-bond donors (Lipinski definition) is 1. The lowest BCUT2D eigenvalue weighted by Gasteiger charge is -2.37. The van der Waals surface area contributed by atoms with Crippen molar-refractivity contribution in [3.05, 3.63) is 65.4 Å². The third-order valence-electron chi connectivity index (χ3n) is 7.00. The van der Waals surface area contributed by atoms with Gasteiger partial charge in [-0.05, 0) is 61.9 Å². The highest BCUT2D eigenvalue weighted by molar-refractivity contribution is 5.97. The third kappa shape index (κ3) is 5.56. The molecule has 1 N–H and O–H groups in total. The zero-order valence-electron chi connectivity index (χ0n) is 20.8. The topological polar surface area (TPSA) is 83.0 Å². The average molecular weight is 478 g/mol. The molecule has 35 heavy (non-hydrogen) atoms. The molecule has 7 heteroatoms. The number of carbonyl (C=O) groups is 2. The van der Waals surface area contributed by atoms with Gasteiger partial charge in [-0.2, -0.15) is 0 Å². The maximum Gasteiger partial charge on any atom is 0.259 e. The number of aromatic nitrogens is 1. The smallest absolute Gasteiger partial charge is 0.259 e. The summed E-state index contributed by atoms with van der Waals surface area (Å²) in [5.74, 6) is -0.0868. The Morgan fingerprint density at radius 3 is 2.74 bits per heavy atom. The highest BCUT2D eigenvalue weighted by atomic mass is 16.5. The first-order valence-corrected chi connectivity index (χ1v) is 12.5. The first-order chi connectivity index (χ1) is 16.9. The van der Waals surface area contributed by atoms with E-state index in [1.165, 1.54) is 12.0 Å². The Labute approximate surface area is 207 Å². The summed E-state index contributed by atoms with van der Waals surface area (Å²) in [6.07, 6.45) is 7.95. The molecule has 3 atom stereocenters. The van der Waals surface area contributed by atoms with E-state index in [1.54, 1.807) is 35.2 Å². The van der Waals surface area contributed by atoms with E-state index in [4.69, 9.17) is 4.74 Å². The number of benzene rings is 1. The molecule has 7 nitrogen and oxygen atoms in total. The fraction of sp³-hybridized carbons (Fsp3) is 0.464. The van der Waals surface area contributed by atoms with Crippen molar-refractivity contribution in [2.24, 2.45) is 5.92 Å². The van der Waals surface area contributed by atoms with Gasteiger partial charge >= 0.3 is 0 Å². The Morgan fingerprint density at radius 1 is 1.29 bits per heavy atom. The van der Waals surface area contributed by atoms with Crippen LogP contribution in [-0.2, 0) is 0 Å². The second-order valence-electron chi connectivity index (χ2n) is 9.73. The zero-order chi connectivity index (χ0) is 24.9. The Morgan fingerprint density at radius 2 is 2.06 bits per heavy atom. The number of hydrogen-bond acceptors (Lipinski definition) is 5. The van der Waals surface area contributed by atoms with Crippen molar-refractivity contribution in [2.45, 2.75) is 51.7 Å². The minimum absolute atomic E-state index is 0.0883. The van der Waals surface area contributed by atoms with E-state index in [0.717, 1.165) is 24.8 Å². The van der Waals surface area contributed by atoms with E-state index in [-0.39, 0.29) is 42.4 Å². The normalized spacial score (nSPS) is 21.2. The van der Waals surface area contributed by atoms with Crippen LogP contribution in [-0.4, -0.2) is 70.6 Å². The van der Waals surface area contributed by atoms with Crippen LogP contribution in [0.2, 0.25) is 0 Å². The molecule has 2 aromatic rings. The quantitative estimate of drug-likeness (QED) is 0.679. The fourth-order valence-electron chi connectivity index (χ4n) is 4.75. The van der Waals surface area contributed by atoms with E-state index >= 15 is 0 Å². The largest absolute Gasteiger partial charge is 0.472 e.